The van der Waals surface area contributed by atoms with Gasteiger partial charge in [-0.05, 0) is 6.08 Å². The first-order valence-electron chi connectivity index (χ1n) is 2.33. The number of hydrogen-bond donors (Lipinski definition) is 1. The summed E-state index contributed by atoms with van der Waals surface area (Å²) in [4.78, 5) is 13.7. The van der Waals surface area contributed by atoms with E-state index in [0.717, 1.165) is 6.29 Å². The second kappa shape index (κ2) is 2.26. The molecule has 0 amide bonds. The van der Waals surface area contributed by atoms with Gasteiger partial charge < -0.3 is 10.1 Å². The third kappa shape index (κ3) is 0.932. The van der Waals surface area contributed by atoms with Gasteiger partial charge in [-0.15, -0.1) is 0 Å². The van der Waals surface area contributed by atoms with Crippen LogP contribution in [0.15, 0.2) is 17.3 Å². The summed E-state index contributed by atoms with van der Waals surface area (Å²) in [5.41, 5.74) is 0. The van der Waals surface area contributed by atoms with E-state index in [0.29, 0.717) is 0 Å². The molecule has 0 aromatic rings. The van der Waals surface area contributed by atoms with Crippen LogP contribution in [0.4, 0.5) is 0 Å². The lowest BCUT2D eigenvalue weighted by atomic mass is 10.3. The SMILES string of the molecule is O=CC1C=CNC=N1. The van der Waals surface area contributed by atoms with Gasteiger partial charge in [-0.25, -0.2) is 0 Å². The Balaban J connectivity index is 2.54. The molecule has 0 aromatic heterocycles. The molecule has 1 N–H and O–H groups in total. The van der Waals surface area contributed by atoms with E-state index in [4.69, 9.17) is 0 Å². The first kappa shape index (κ1) is 5.03. The predicted molar refractivity (Wildman–Crippen MR) is 30.6 cm³/mol. The largest absolute Gasteiger partial charge is 0.353 e. The van der Waals surface area contributed by atoms with Crippen molar-refractivity contribution in [3.8, 4) is 0 Å². The minimum absolute atomic E-state index is 0.267. The Labute approximate surface area is 47.1 Å². The summed E-state index contributed by atoms with van der Waals surface area (Å²) < 4.78 is 0. The number of rotatable bonds is 1. The van der Waals surface area contributed by atoms with Gasteiger partial charge in [0.15, 0.2) is 0 Å². The number of aldehydes is 1. The highest BCUT2D eigenvalue weighted by molar-refractivity contribution is 5.68. The van der Waals surface area contributed by atoms with E-state index in [9.17, 15) is 4.79 Å². The fourth-order valence-corrected chi connectivity index (χ4v) is 0.456. The highest BCUT2D eigenvalue weighted by Crippen LogP contribution is 1.89. The molecule has 0 spiro atoms. The molecule has 0 saturated heterocycles. The van der Waals surface area contributed by atoms with Gasteiger partial charge in [0.05, 0.1) is 6.34 Å². The summed E-state index contributed by atoms with van der Waals surface area (Å²) in [6, 6.07) is -0.267. The summed E-state index contributed by atoms with van der Waals surface area (Å²) >= 11 is 0. The highest BCUT2D eigenvalue weighted by atomic mass is 16.1. The molecule has 0 aromatic carbocycles. The summed E-state index contributed by atoms with van der Waals surface area (Å²) in [6.07, 6.45) is 5.66. The summed E-state index contributed by atoms with van der Waals surface area (Å²) in [7, 11) is 0. The van der Waals surface area contributed by atoms with Gasteiger partial charge in [-0.1, -0.05) is 0 Å². The normalized spacial score (nSPS) is 24.8. The topological polar surface area (TPSA) is 41.5 Å². The van der Waals surface area contributed by atoms with Crippen LogP contribution in [0.2, 0.25) is 0 Å². The Kier molecular flexibility index (Phi) is 1.42. The van der Waals surface area contributed by atoms with Crippen LogP contribution in [0.5, 0.6) is 0 Å². The lowest BCUT2D eigenvalue weighted by Crippen LogP contribution is -2.13. The minimum atomic E-state index is -0.267. The maximum atomic E-state index is 9.97. The summed E-state index contributed by atoms with van der Waals surface area (Å²) in [6.45, 7) is 0. The first-order valence-corrected chi connectivity index (χ1v) is 2.33. The van der Waals surface area contributed by atoms with Crippen molar-refractivity contribution >= 4 is 12.6 Å². The zero-order valence-electron chi connectivity index (χ0n) is 4.24. The second-order valence-electron chi connectivity index (χ2n) is 1.43. The number of aliphatic imine (C=N–C) groups is 1. The molecule has 1 heterocycles. The average molecular weight is 110 g/mol. The van der Waals surface area contributed by atoms with E-state index < -0.39 is 0 Å². The Morgan fingerprint density at radius 1 is 1.75 bits per heavy atom. The molecule has 1 aliphatic rings. The van der Waals surface area contributed by atoms with Gasteiger partial charge in [-0.3, -0.25) is 4.99 Å². The van der Waals surface area contributed by atoms with Crippen molar-refractivity contribution in [3.05, 3.63) is 12.3 Å². The van der Waals surface area contributed by atoms with Gasteiger partial charge >= 0.3 is 0 Å². The zero-order chi connectivity index (χ0) is 5.82. The van der Waals surface area contributed by atoms with Crippen LogP contribution in [-0.2, 0) is 4.79 Å². The van der Waals surface area contributed by atoms with E-state index in [1.807, 2.05) is 0 Å². The molecule has 1 atom stereocenters. The maximum absolute atomic E-state index is 9.97. The molecule has 0 bridgehead atoms. The van der Waals surface area contributed by atoms with Crippen molar-refractivity contribution in [2.45, 2.75) is 6.04 Å². The molecule has 0 fully saturated rings. The Morgan fingerprint density at radius 3 is 3.00 bits per heavy atom. The van der Waals surface area contributed by atoms with Crippen molar-refractivity contribution in [3.63, 3.8) is 0 Å². The quantitative estimate of drug-likeness (QED) is 0.471. The van der Waals surface area contributed by atoms with Gasteiger partial charge in [-0.2, -0.15) is 0 Å². The second-order valence-corrected chi connectivity index (χ2v) is 1.43. The molecule has 1 rings (SSSR count). The molecule has 0 saturated carbocycles. The van der Waals surface area contributed by atoms with Crippen molar-refractivity contribution in [1.82, 2.24) is 5.32 Å². The van der Waals surface area contributed by atoms with Crippen LogP contribution in [0, 0.1) is 0 Å². The van der Waals surface area contributed by atoms with Crippen molar-refractivity contribution in [1.29, 1.82) is 0 Å². The van der Waals surface area contributed by atoms with E-state index in [-0.39, 0.29) is 6.04 Å². The number of hydrogen-bond acceptors (Lipinski definition) is 3. The van der Waals surface area contributed by atoms with Crippen molar-refractivity contribution < 1.29 is 4.79 Å². The lowest BCUT2D eigenvalue weighted by molar-refractivity contribution is -0.108. The standard InChI is InChI=1S/C5H6N2O/c8-3-5-1-2-6-4-7-5/h1-5H,(H,6,7). The van der Waals surface area contributed by atoms with E-state index in [2.05, 4.69) is 10.3 Å². The third-order valence-corrected chi connectivity index (χ3v) is 0.850. The van der Waals surface area contributed by atoms with Crippen LogP contribution < -0.4 is 5.32 Å². The molecular formula is C5H6N2O. The van der Waals surface area contributed by atoms with Gasteiger partial charge in [0.1, 0.15) is 12.3 Å². The Hall–Kier alpha value is -1.12. The van der Waals surface area contributed by atoms with Gasteiger partial charge in [0, 0.05) is 6.20 Å². The minimum Gasteiger partial charge on any atom is -0.353 e. The van der Waals surface area contributed by atoms with Crippen LogP contribution in [-0.4, -0.2) is 18.7 Å². The average Bonchev–Trinajstić information content (AvgIpc) is 1.90. The predicted octanol–water partition coefficient (Wildman–Crippen LogP) is -0.301. The van der Waals surface area contributed by atoms with Crippen molar-refractivity contribution in [2.75, 3.05) is 0 Å². The number of carbonyl (C=O) groups excluding carboxylic acids is 1. The molecule has 1 aliphatic heterocycles. The smallest absolute Gasteiger partial charge is 0.148 e. The Bertz CT molecular complexity index is 127. The summed E-state index contributed by atoms with van der Waals surface area (Å²) in [5, 5.41) is 2.72. The molecule has 0 radical (unpaired) electrons. The van der Waals surface area contributed by atoms with Crippen LogP contribution >= 0.6 is 0 Å². The van der Waals surface area contributed by atoms with Crippen LogP contribution in [0.3, 0.4) is 0 Å². The molecule has 0 aliphatic carbocycles. The fraction of sp³-hybridized carbons (Fsp3) is 0.200. The van der Waals surface area contributed by atoms with Gasteiger partial charge in [0.25, 0.3) is 0 Å². The van der Waals surface area contributed by atoms with Crippen molar-refractivity contribution in [2.24, 2.45) is 4.99 Å². The lowest BCUT2D eigenvalue weighted by Gasteiger charge is -2.00. The number of carbonyl (C=O) groups is 1. The number of nitrogens with one attached hydrogen (secondary N) is 1. The highest BCUT2D eigenvalue weighted by Gasteiger charge is 1.97. The molecule has 3 heteroatoms. The zero-order valence-corrected chi connectivity index (χ0v) is 4.24. The molecule has 3 nitrogen and oxygen atoms in total. The molecule has 1 unspecified atom stereocenters. The molecular weight excluding hydrogens is 104 g/mol. The fourth-order valence-electron chi connectivity index (χ4n) is 0.456. The van der Waals surface area contributed by atoms with E-state index in [1.54, 1.807) is 12.3 Å². The summed E-state index contributed by atoms with van der Waals surface area (Å²) in [5.74, 6) is 0. The number of nitrogens with zero attached hydrogens (tertiary/aromatic N) is 1. The third-order valence-electron chi connectivity index (χ3n) is 0.850. The van der Waals surface area contributed by atoms with E-state index in [1.165, 1.54) is 6.34 Å². The molecule has 8 heavy (non-hydrogen) atoms. The first-order chi connectivity index (χ1) is 3.93. The van der Waals surface area contributed by atoms with Crippen LogP contribution in [0.1, 0.15) is 0 Å². The van der Waals surface area contributed by atoms with Gasteiger partial charge in [0.2, 0.25) is 0 Å². The van der Waals surface area contributed by atoms with Crippen LogP contribution in [0.25, 0.3) is 0 Å². The monoisotopic (exact) mass is 110 g/mol. The maximum Gasteiger partial charge on any atom is 0.148 e. The Morgan fingerprint density at radius 2 is 2.62 bits per heavy atom. The van der Waals surface area contributed by atoms with E-state index >= 15 is 0 Å². The molecule has 42 valence electrons.